The number of benzene rings is 1. The second-order valence-electron chi connectivity index (χ2n) is 5.54. The van der Waals surface area contributed by atoms with Gasteiger partial charge in [0.2, 0.25) is 0 Å². The maximum atomic E-state index is 12.2. The molecule has 6 nitrogen and oxygen atoms in total. The molecule has 1 aromatic heterocycles. The van der Waals surface area contributed by atoms with Crippen LogP contribution in [0.15, 0.2) is 29.6 Å². The summed E-state index contributed by atoms with van der Waals surface area (Å²) < 4.78 is 11.0. The number of amides is 1. The normalized spacial score (nSPS) is 19.3. The number of carbonyl (C=O) groups is 1. The molecular formula is C17H22ClN3O3S. The van der Waals surface area contributed by atoms with Crippen LogP contribution in [-0.4, -0.2) is 36.3 Å². The van der Waals surface area contributed by atoms with Gasteiger partial charge in [0.15, 0.2) is 5.13 Å². The van der Waals surface area contributed by atoms with Crippen molar-refractivity contribution in [3.63, 3.8) is 0 Å². The van der Waals surface area contributed by atoms with Gasteiger partial charge < -0.3 is 15.2 Å². The first kappa shape index (κ1) is 19.7. The Morgan fingerprint density at radius 3 is 2.80 bits per heavy atom. The van der Waals surface area contributed by atoms with Crippen LogP contribution in [0.2, 0.25) is 0 Å². The first-order chi connectivity index (χ1) is 11.7. The van der Waals surface area contributed by atoms with Crippen molar-refractivity contribution in [2.24, 2.45) is 5.73 Å². The van der Waals surface area contributed by atoms with E-state index in [0.29, 0.717) is 24.7 Å². The third-order valence-corrected chi connectivity index (χ3v) is 4.62. The lowest BCUT2D eigenvalue weighted by Crippen LogP contribution is -2.29. The van der Waals surface area contributed by atoms with E-state index < -0.39 is 6.10 Å². The van der Waals surface area contributed by atoms with Crippen LogP contribution in [0.1, 0.15) is 19.8 Å². The molecule has 0 bridgehead atoms. The molecule has 1 fully saturated rings. The number of nitrogens with zero attached hydrogens (tertiary/aromatic N) is 1. The molecule has 0 saturated carbocycles. The molecule has 0 radical (unpaired) electrons. The van der Waals surface area contributed by atoms with Gasteiger partial charge in [-0.05, 0) is 44.0 Å². The molecule has 0 spiro atoms. The van der Waals surface area contributed by atoms with Crippen LogP contribution < -0.4 is 15.8 Å². The summed E-state index contributed by atoms with van der Waals surface area (Å²) in [6.45, 7) is 3.04. The standard InChI is InChI=1S/C17H21N3O3S.ClH/c1-2-22-12-5-3-11(4-6-12)14-10-24-17(19-14)20-16(21)15-8-7-13(9-18)23-15;/h3-6,10,13,15H,2,7-9,18H2,1H3,(H,19,20,21);1H/t13-,15+;/m1./s1. The zero-order chi connectivity index (χ0) is 16.9. The van der Waals surface area contributed by atoms with Crippen LogP contribution in [0, 0.1) is 0 Å². The molecule has 0 unspecified atom stereocenters. The van der Waals surface area contributed by atoms with Gasteiger partial charge in [0.25, 0.3) is 5.91 Å². The Bertz CT molecular complexity index is 693. The zero-order valence-corrected chi connectivity index (χ0v) is 15.6. The zero-order valence-electron chi connectivity index (χ0n) is 13.9. The molecule has 1 aliphatic heterocycles. The lowest BCUT2D eigenvalue weighted by molar-refractivity contribution is -0.126. The summed E-state index contributed by atoms with van der Waals surface area (Å²) in [4.78, 5) is 16.7. The van der Waals surface area contributed by atoms with Crippen molar-refractivity contribution in [3.8, 4) is 17.0 Å². The van der Waals surface area contributed by atoms with Gasteiger partial charge in [-0.3, -0.25) is 10.1 Å². The largest absolute Gasteiger partial charge is 0.494 e. The minimum Gasteiger partial charge on any atom is -0.494 e. The topological polar surface area (TPSA) is 86.5 Å². The number of thiazole rings is 1. The quantitative estimate of drug-likeness (QED) is 0.800. The smallest absolute Gasteiger partial charge is 0.255 e. The molecule has 8 heteroatoms. The van der Waals surface area contributed by atoms with Crippen molar-refractivity contribution < 1.29 is 14.3 Å². The van der Waals surface area contributed by atoms with E-state index in [1.807, 2.05) is 36.6 Å². The van der Waals surface area contributed by atoms with Gasteiger partial charge in [-0.25, -0.2) is 4.98 Å². The average molecular weight is 384 g/mol. The fourth-order valence-corrected chi connectivity index (χ4v) is 3.33. The molecule has 3 rings (SSSR count). The molecule has 136 valence electrons. The van der Waals surface area contributed by atoms with Gasteiger partial charge in [-0.2, -0.15) is 0 Å². The maximum Gasteiger partial charge on any atom is 0.255 e. The number of carbonyl (C=O) groups excluding carboxylic acids is 1. The Hall–Kier alpha value is -1.67. The molecular weight excluding hydrogens is 362 g/mol. The number of anilines is 1. The van der Waals surface area contributed by atoms with Crippen molar-refractivity contribution >= 4 is 34.8 Å². The summed E-state index contributed by atoms with van der Waals surface area (Å²) in [6, 6.07) is 7.74. The molecule has 1 aliphatic rings. The van der Waals surface area contributed by atoms with E-state index in [0.717, 1.165) is 23.4 Å². The molecule has 2 aromatic rings. The van der Waals surface area contributed by atoms with Gasteiger partial charge in [-0.15, -0.1) is 23.7 Å². The molecule has 0 aliphatic carbocycles. The second-order valence-corrected chi connectivity index (χ2v) is 6.40. The van der Waals surface area contributed by atoms with Gasteiger partial charge in [0, 0.05) is 17.5 Å². The molecule has 3 N–H and O–H groups in total. The van der Waals surface area contributed by atoms with E-state index >= 15 is 0 Å². The molecule has 2 heterocycles. The number of rotatable bonds is 6. The number of hydrogen-bond donors (Lipinski definition) is 2. The fraction of sp³-hybridized carbons (Fsp3) is 0.412. The summed E-state index contributed by atoms with van der Waals surface area (Å²) in [5.74, 6) is 0.677. The predicted molar refractivity (Wildman–Crippen MR) is 102 cm³/mol. The fourth-order valence-electron chi connectivity index (χ4n) is 2.61. The van der Waals surface area contributed by atoms with Crippen LogP contribution >= 0.6 is 23.7 Å². The summed E-state index contributed by atoms with van der Waals surface area (Å²) in [7, 11) is 0. The lowest BCUT2D eigenvalue weighted by atomic mass is 10.2. The Labute approximate surface area is 157 Å². The molecule has 25 heavy (non-hydrogen) atoms. The summed E-state index contributed by atoms with van der Waals surface area (Å²) in [5.41, 5.74) is 7.38. The number of ether oxygens (including phenoxy) is 2. The third-order valence-electron chi connectivity index (χ3n) is 3.86. The van der Waals surface area contributed by atoms with Crippen LogP contribution in [-0.2, 0) is 9.53 Å². The molecule has 1 saturated heterocycles. The van der Waals surface area contributed by atoms with Crippen molar-refractivity contribution in [2.75, 3.05) is 18.5 Å². The Kier molecular flexibility index (Phi) is 7.19. The monoisotopic (exact) mass is 383 g/mol. The van der Waals surface area contributed by atoms with Crippen molar-refractivity contribution in [2.45, 2.75) is 32.0 Å². The average Bonchev–Trinajstić information content (AvgIpc) is 3.25. The molecule has 1 amide bonds. The van der Waals surface area contributed by atoms with E-state index in [4.69, 9.17) is 15.2 Å². The summed E-state index contributed by atoms with van der Waals surface area (Å²) >= 11 is 1.40. The highest BCUT2D eigenvalue weighted by atomic mass is 35.5. The van der Waals surface area contributed by atoms with Gasteiger partial charge in [0.05, 0.1) is 18.4 Å². The Balaban J connectivity index is 0.00000225. The number of hydrogen-bond acceptors (Lipinski definition) is 6. The van der Waals surface area contributed by atoms with Crippen molar-refractivity contribution in [1.82, 2.24) is 4.98 Å². The van der Waals surface area contributed by atoms with Gasteiger partial charge in [0.1, 0.15) is 11.9 Å². The van der Waals surface area contributed by atoms with Crippen molar-refractivity contribution in [3.05, 3.63) is 29.6 Å². The first-order valence-corrected chi connectivity index (χ1v) is 8.92. The number of nitrogens with two attached hydrogens (primary N) is 1. The number of halogens is 1. The Morgan fingerprint density at radius 1 is 1.40 bits per heavy atom. The Morgan fingerprint density at radius 2 is 2.16 bits per heavy atom. The van der Waals surface area contributed by atoms with Crippen LogP contribution in [0.25, 0.3) is 11.3 Å². The highest BCUT2D eigenvalue weighted by Gasteiger charge is 2.30. The van der Waals surface area contributed by atoms with Crippen molar-refractivity contribution in [1.29, 1.82) is 0 Å². The third kappa shape index (κ3) is 4.92. The van der Waals surface area contributed by atoms with E-state index in [9.17, 15) is 4.79 Å². The minimum atomic E-state index is -0.434. The van der Waals surface area contributed by atoms with Crippen LogP contribution in [0.5, 0.6) is 5.75 Å². The molecule has 1 aromatic carbocycles. The van der Waals surface area contributed by atoms with Gasteiger partial charge in [-0.1, -0.05) is 0 Å². The summed E-state index contributed by atoms with van der Waals surface area (Å²) in [6.07, 6.45) is 1.07. The van der Waals surface area contributed by atoms with Gasteiger partial charge >= 0.3 is 0 Å². The summed E-state index contributed by atoms with van der Waals surface area (Å²) in [5, 5.41) is 5.32. The second kappa shape index (κ2) is 9.15. The number of aromatic nitrogens is 1. The van der Waals surface area contributed by atoms with E-state index in [-0.39, 0.29) is 24.4 Å². The van der Waals surface area contributed by atoms with Crippen LogP contribution in [0.4, 0.5) is 5.13 Å². The van der Waals surface area contributed by atoms with Crippen LogP contribution in [0.3, 0.4) is 0 Å². The predicted octanol–water partition coefficient (Wildman–Crippen LogP) is 3.08. The van der Waals surface area contributed by atoms with E-state index in [1.165, 1.54) is 11.3 Å². The number of nitrogens with one attached hydrogen (secondary N) is 1. The highest BCUT2D eigenvalue weighted by Crippen LogP contribution is 2.27. The maximum absolute atomic E-state index is 12.2. The molecule has 2 atom stereocenters. The lowest BCUT2D eigenvalue weighted by Gasteiger charge is -2.11. The van der Waals surface area contributed by atoms with E-state index in [2.05, 4.69) is 10.3 Å². The highest BCUT2D eigenvalue weighted by molar-refractivity contribution is 7.14. The first-order valence-electron chi connectivity index (χ1n) is 8.04. The SMILES string of the molecule is CCOc1ccc(-c2csc(NC(=O)[C@@H]3CC[C@H](CN)O3)n2)cc1.Cl. The minimum absolute atomic E-state index is 0. The van der Waals surface area contributed by atoms with E-state index in [1.54, 1.807) is 0 Å².